The molecule has 0 atom stereocenters. The Labute approximate surface area is 146 Å². The van der Waals surface area contributed by atoms with Crippen LogP contribution in [0.3, 0.4) is 0 Å². The van der Waals surface area contributed by atoms with E-state index in [-0.39, 0.29) is 0 Å². The first-order valence-electron chi connectivity index (χ1n) is 7.29. The summed E-state index contributed by atoms with van der Waals surface area (Å²) in [7, 11) is 0. The first kappa shape index (κ1) is 15.9. The summed E-state index contributed by atoms with van der Waals surface area (Å²) >= 11 is 18.4. The molecule has 116 valence electrons. The minimum absolute atomic E-state index is 0.622. The van der Waals surface area contributed by atoms with Crippen LogP contribution < -0.4 is 4.90 Å². The van der Waals surface area contributed by atoms with Gasteiger partial charge in [0.2, 0.25) is 0 Å². The number of hydrogen-bond donors (Lipinski definition) is 0. The molecule has 5 heteroatoms. The lowest BCUT2D eigenvalue weighted by Gasteiger charge is -2.36. The highest BCUT2D eigenvalue weighted by Crippen LogP contribution is 2.27. The Hall–Kier alpha value is -0.930. The quantitative estimate of drug-likeness (QED) is 0.767. The molecule has 2 nitrogen and oxygen atoms in total. The molecule has 0 radical (unpaired) electrons. The highest BCUT2D eigenvalue weighted by Gasteiger charge is 2.18. The van der Waals surface area contributed by atoms with Crippen molar-refractivity contribution in [2.45, 2.75) is 6.54 Å². The van der Waals surface area contributed by atoms with Crippen molar-refractivity contribution in [3.63, 3.8) is 0 Å². The van der Waals surface area contributed by atoms with Crippen LogP contribution in [0, 0.1) is 0 Å². The second kappa shape index (κ2) is 7.10. The molecule has 0 N–H and O–H groups in total. The second-order valence-corrected chi connectivity index (χ2v) is 6.68. The van der Waals surface area contributed by atoms with Crippen LogP contribution in [0.15, 0.2) is 42.5 Å². The van der Waals surface area contributed by atoms with Gasteiger partial charge in [0.05, 0.1) is 10.0 Å². The molecular weight excluding hydrogens is 339 g/mol. The molecule has 22 heavy (non-hydrogen) atoms. The SMILES string of the molecule is Clc1cccc(N2CCN(Cc3cccc(Cl)c3Cl)CC2)c1. The number of nitrogens with zero attached hydrogens (tertiary/aromatic N) is 2. The molecule has 0 spiro atoms. The second-order valence-electron chi connectivity index (χ2n) is 5.46. The zero-order valence-corrected chi connectivity index (χ0v) is 14.4. The average molecular weight is 356 g/mol. The molecule has 2 aromatic rings. The van der Waals surface area contributed by atoms with Gasteiger partial charge < -0.3 is 4.90 Å². The van der Waals surface area contributed by atoms with E-state index >= 15 is 0 Å². The minimum atomic E-state index is 0.622. The predicted molar refractivity (Wildman–Crippen MR) is 95.4 cm³/mol. The Kier molecular flexibility index (Phi) is 5.14. The standard InChI is InChI=1S/C17H17Cl3N2/c18-14-4-2-5-15(11-14)22-9-7-21(8-10-22)12-13-3-1-6-16(19)17(13)20/h1-6,11H,7-10,12H2. The van der Waals surface area contributed by atoms with Gasteiger partial charge in [-0.2, -0.15) is 0 Å². The Bertz CT molecular complexity index is 652. The molecule has 0 amide bonds. The molecule has 0 bridgehead atoms. The molecule has 0 aliphatic carbocycles. The van der Waals surface area contributed by atoms with Crippen molar-refractivity contribution in [1.29, 1.82) is 0 Å². The van der Waals surface area contributed by atoms with E-state index in [1.807, 2.05) is 36.4 Å². The maximum absolute atomic E-state index is 6.27. The van der Waals surface area contributed by atoms with E-state index < -0.39 is 0 Å². The van der Waals surface area contributed by atoms with Crippen LogP contribution in [0.4, 0.5) is 5.69 Å². The van der Waals surface area contributed by atoms with Crippen molar-refractivity contribution in [2.75, 3.05) is 31.1 Å². The van der Waals surface area contributed by atoms with Crippen molar-refractivity contribution in [1.82, 2.24) is 4.90 Å². The molecule has 1 heterocycles. The summed E-state index contributed by atoms with van der Waals surface area (Å²) in [5.74, 6) is 0. The van der Waals surface area contributed by atoms with Crippen LogP contribution in [0.25, 0.3) is 0 Å². The van der Waals surface area contributed by atoms with Crippen molar-refractivity contribution < 1.29 is 0 Å². The number of benzene rings is 2. The highest BCUT2D eigenvalue weighted by atomic mass is 35.5. The van der Waals surface area contributed by atoms with E-state index in [2.05, 4.69) is 15.9 Å². The van der Waals surface area contributed by atoms with Crippen LogP contribution in [-0.2, 0) is 6.54 Å². The summed E-state index contributed by atoms with van der Waals surface area (Å²) in [6.07, 6.45) is 0. The van der Waals surface area contributed by atoms with Crippen molar-refractivity contribution in [3.8, 4) is 0 Å². The minimum Gasteiger partial charge on any atom is -0.369 e. The molecule has 2 aromatic carbocycles. The van der Waals surface area contributed by atoms with E-state index in [4.69, 9.17) is 34.8 Å². The molecule has 1 aliphatic rings. The van der Waals surface area contributed by atoms with Gasteiger partial charge in [-0.1, -0.05) is 53.0 Å². The number of rotatable bonds is 3. The van der Waals surface area contributed by atoms with Crippen LogP contribution in [0.5, 0.6) is 0 Å². The fourth-order valence-electron chi connectivity index (χ4n) is 2.75. The van der Waals surface area contributed by atoms with Crippen LogP contribution in [0.2, 0.25) is 15.1 Å². The van der Waals surface area contributed by atoms with Gasteiger partial charge in [0.25, 0.3) is 0 Å². The number of halogens is 3. The van der Waals surface area contributed by atoms with E-state index in [1.165, 1.54) is 5.69 Å². The van der Waals surface area contributed by atoms with Crippen molar-refractivity contribution in [2.24, 2.45) is 0 Å². The van der Waals surface area contributed by atoms with Crippen molar-refractivity contribution in [3.05, 3.63) is 63.1 Å². The summed E-state index contributed by atoms with van der Waals surface area (Å²) in [6.45, 7) is 4.80. The van der Waals surface area contributed by atoms with Gasteiger partial charge >= 0.3 is 0 Å². The third-order valence-electron chi connectivity index (χ3n) is 3.97. The third kappa shape index (κ3) is 3.69. The maximum Gasteiger partial charge on any atom is 0.0637 e. The largest absolute Gasteiger partial charge is 0.369 e. The Morgan fingerprint density at radius 1 is 0.864 bits per heavy atom. The third-order valence-corrected chi connectivity index (χ3v) is 5.06. The Morgan fingerprint density at radius 2 is 1.59 bits per heavy atom. The van der Waals surface area contributed by atoms with E-state index in [0.29, 0.717) is 10.0 Å². The first-order chi connectivity index (χ1) is 10.6. The lowest BCUT2D eigenvalue weighted by atomic mass is 10.2. The lowest BCUT2D eigenvalue weighted by Crippen LogP contribution is -2.46. The summed E-state index contributed by atoms with van der Waals surface area (Å²) in [5, 5.41) is 2.07. The zero-order valence-electron chi connectivity index (χ0n) is 12.1. The topological polar surface area (TPSA) is 6.48 Å². The summed E-state index contributed by atoms with van der Waals surface area (Å²) in [4.78, 5) is 4.76. The van der Waals surface area contributed by atoms with Gasteiger partial charge in [-0.25, -0.2) is 0 Å². The molecular formula is C17H17Cl3N2. The highest BCUT2D eigenvalue weighted by molar-refractivity contribution is 6.42. The molecule has 1 saturated heterocycles. The van der Waals surface area contributed by atoms with Gasteiger partial charge in [-0.15, -0.1) is 0 Å². The van der Waals surface area contributed by atoms with E-state index in [1.54, 1.807) is 0 Å². The fraction of sp³-hybridized carbons (Fsp3) is 0.294. The Morgan fingerprint density at radius 3 is 2.32 bits per heavy atom. The molecule has 0 unspecified atom stereocenters. The molecule has 0 aromatic heterocycles. The van der Waals surface area contributed by atoms with E-state index in [0.717, 1.165) is 43.3 Å². The molecule has 1 aliphatic heterocycles. The fourth-order valence-corrected chi connectivity index (χ4v) is 3.31. The molecule has 3 rings (SSSR count). The smallest absolute Gasteiger partial charge is 0.0637 e. The molecule has 0 saturated carbocycles. The summed E-state index contributed by atoms with van der Waals surface area (Å²) in [5.41, 5.74) is 2.28. The van der Waals surface area contributed by atoms with Gasteiger partial charge in [-0.05, 0) is 29.8 Å². The van der Waals surface area contributed by atoms with Gasteiger partial charge in [0.1, 0.15) is 0 Å². The summed E-state index contributed by atoms with van der Waals surface area (Å²) in [6, 6.07) is 13.8. The Balaban J connectivity index is 1.61. The number of hydrogen-bond acceptors (Lipinski definition) is 2. The first-order valence-corrected chi connectivity index (χ1v) is 8.42. The van der Waals surface area contributed by atoms with Gasteiger partial charge in [-0.3, -0.25) is 4.90 Å². The monoisotopic (exact) mass is 354 g/mol. The average Bonchev–Trinajstić information content (AvgIpc) is 2.53. The summed E-state index contributed by atoms with van der Waals surface area (Å²) < 4.78 is 0. The zero-order chi connectivity index (χ0) is 15.5. The number of anilines is 1. The van der Waals surface area contributed by atoms with Crippen LogP contribution >= 0.6 is 34.8 Å². The number of piperazine rings is 1. The van der Waals surface area contributed by atoms with Crippen LogP contribution in [-0.4, -0.2) is 31.1 Å². The predicted octanol–water partition coefficient (Wildman–Crippen LogP) is 4.97. The van der Waals surface area contributed by atoms with Crippen molar-refractivity contribution >= 4 is 40.5 Å². The van der Waals surface area contributed by atoms with Gasteiger partial charge in [0.15, 0.2) is 0 Å². The van der Waals surface area contributed by atoms with E-state index in [9.17, 15) is 0 Å². The van der Waals surface area contributed by atoms with Gasteiger partial charge in [0, 0.05) is 43.4 Å². The lowest BCUT2D eigenvalue weighted by molar-refractivity contribution is 0.250. The normalized spacial score (nSPS) is 16.0. The van der Waals surface area contributed by atoms with Crippen LogP contribution in [0.1, 0.15) is 5.56 Å². The maximum atomic E-state index is 6.27. The molecule has 1 fully saturated rings.